The zero-order valence-electron chi connectivity index (χ0n) is 17.1. The molecular formula is C22H24ClN5O2. The van der Waals surface area contributed by atoms with Crippen molar-refractivity contribution < 1.29 is 9.53 Å². The third kappa shape index (κ3) is 4.11. The maximum absolute atomic E-state index is 12.1. The van der Waals surface area contributed by atoms with Crippen LogP contribution in [0.3, 0.4) is 0 Å². The Kier molecular flexibility index (Phi) is 5.63. The number of fused-ring (bicyclic) bond motifs is 1. The number of nitrogens with one attached hydrogen (secondary N) is 2. The number of carbonyl (C=O) groups excluding carboxylic acids is 1. The van der Waals surface area contributed by atoms with Gasteiger partial charge in [-0.25, -0.2) is 4.68 Å². The highest BCUT2D eigenvalue weighted by Gasteiger charge is 2.31. The molecule has 0 bridgehead atoms. The number of aromatic nitrogens is 3. The van der Waals surface area contributed by atoms with E-state index in [4.69, 9.17) is 16.3 Å². The van der Waals surface area contributed by atoms with E-state index < -0.39 is 0 Å². The zero-order chi connectivity index (χ0) is 21.3. The molecule has 0 saturated heterocycles. The van der Waals surface area contributed by atoms with E-state index in [-0.39, 0.29) is 23.9 Å². The summed E-state index contributed by atoms with van der Waals surface area (Å²) in [6.07, 6.45) is 0.766. The molecule has 0 radical (unpaired) electrons. The minimum atomic E-state index is -0.155. The molecule has 1 aromatic heterocycles. The molecule has 7 nitrogen and oxygen atoms in total. The highest BCUT2D eigenvalue weighted by atomic mass is 35.5. The summed E-state index contributed by atoms with van der Waals surface area (Å²) in [5.41, 5.74) is 2.20. The highest BCUT2D eigenvalue weighted by Crippen LogP contribution is 2.38. The van der Waals surface area contributed by atoms with Crippen LogP contribution in [0, 0.1) is 5.92 Å². The molecule has 2 atom stereocenters. The molecule has 30 heavy (non-hydrogen) atoms. The van der Waals surface area contributed by atoms with E-state index in [2.05, 4.69) is 20.7 Å². The van der Waals surface area contributed by atoms with Gasteiger partial charge >= 0.3 is 0 Å². The van der Waals surface area contributed by atoms with Crippen LogP contribution < -0.4 is 15.4 Å². The van der Waals surface area contributed by atoms with Gasteiger partial charge in [-0.15, -0.1) is 5.10 Å². The number of halogens is 1. The van der Waals surface area contributed by atoms with Crippen LogP contribution >= 0.6 is 11.6 Å². The Hall–Kier alpha value is -3.06. The van der Waals surface area contributed by atoms with Gasteiger partial charge in [0.1, 0.15) is 5.75 Å². The number of nitrogens with zero attached hydrogens (tertiary/aromatic N) is 3. The van der Waals surface area contributed by atoms with Crippen molar-refractivity contribution in [3.63, 3.8) is 0 Å². The first-order valence-corrected chi connectivity index (χ1v) is 10.3. The number of ether oxygens (including phenoxy) is 1. The van der Waals surface area contributed by atoms with Crippen LogP contribution in [-0.2, 0) is 4.79 Å². The van der Waals surface area contributed by atoms with Gasteiger partial charge in [0.25, 0.3) is 5.95 Å². The molecule has 8 heteroatoms. The number of hydrogen-bond donors (Lipinski definition) is 2. The van der Waals surface area contributed by atoms with Crippen molar-refractivity contribution in [2.45, 2.75) is 32.4 Å². The van der Waals surface area contributed by atoms with Gasteiger partial charge in [0, 0.05) is 10.9 Å². The molecule has 0 aliphatic carbocycles. The van der Waals surface area contributed by atoms with Gasteiger partial charge < -0.3 is 10.1 Å². The van der Waals surface area contributed by atoms with Crippen LogP contribution in [-0.4, -0.2) is 27.8 Å². The summed E-state index contributed by atoms with van der Waals surface area (Å²) in [6.45, 7) is 3.67. The molecule has 0 spiro atoms. The highest BCUT2D eigenvalue weighted by molar-refractivity contribution is 6.30. The van der Waals surface area contributed by atoms with Crippen molar-refractivity contribution in [3.05, 3.63) is 64.7 Å². The van der Waals surface area contributed by atoms with Crippen LogP contribution in [0.5, 0.6) is 5.75 Å². The van der Waals surface area contributed by atoms with Gasteiger partial charge in [0.2, 0.25) is 11.9 Å². The fraction of sp³-hybridized carbons (Fsp3) is 0.318. The summed E-state index contributed by atoms with van der Waals surface area (Å²) in [6, 6.07) is 15.7. The number of hydrogen-bond acceptors (Lipinski definition) is 5. The Morgan fingerprint density at radius 2 is 1.83 bits per heavy atom. The first kappa shape index (κ1) is 20.2. The molecule has 1 amide bonds. The average Bonchev–Trinajstić information content (AvgIpc) is 3.16. The number of methoxy groups -OCH3 is 1. The van der Waals surface area contributed by atoms with E-state index in [1.807, 2.05) is 67.1 Å². The lowest BCUT2D eigenvalue weighted by molar-refractivity contribution is -0.118. The van der Waals surface area contributed by atoms with E-state index in [0.29, 0.717) is 16.9 Å². The van der Waals surface area contributed by atoms with Crippen LogP contribution in [0.1, 0.15) is 43.5 Å². The molecule has 2 N–H and O–H groups in total. The van der Waals surface area contributed by atoms with Crippen LogP contribution in [0.15, 0.2) is 48.5 Å². The maximum Gasteiger partial charge on any atom is 0.250 e. The SMILES string of the molecule is COc1ccc([C@@H]2C[C@H](c3ccc(Cl)cc3)Nc3nc(NC(=O)C(C)C)nn32)cc1. The lowest BCUT2D eigenvalue weighted by Crippen LogP contribution is -2.28. The normalized spacial score (nSPS) is 17.9. The van der Waals surface area contributed by atoms with Crippen molar-refractivity contribution in [2.75, 3.05) is 17.7 Å². The molecule has 1 aliphatic rings. The van der Waals surface area contributed by atoms with Crippen LogP contribution in [0.25, 0.3) is 0 Å². The van der Waals surface area contributed by atoms with Crippen LogP contribution in [0.2, 0.25) is 5.02 Å². The molecule has 1 aliphatic heterocycles. The summed E-state index contributed by atoms with van der Waals surface area (Å²) in [5.74, 6) is 1.43. The topological polar surface area (TPSA) is 81.1 Å². The molecular weight excluding hydrogens is 402 g/mol. The van der Waals surface area contributed by atoms with E-state index in [9.17, 15) is 4.79 Å². The molecule has 3 aromatic rings. The predicted octanol–water partition coefficient (Wildman–Crippen LogP) is 4.68. The second-order valence-corrected chi connectivity index (χ2v) is 8.06. The van der Waals surface area contributed by atoms with Gasteiger partial charge in [-0.3, -0.25) is 10.1 Å². The number of rotatable bonds is 5. The fourth-order valence-electron chi connectivity index (χ4n) is 3.50. The maximum atomic E-state index is 12.1. The Morgan fingerprint density at radius 3 is 2.47 bits per heavy atom. The smallest absolute Gasteiger partial charge is 0.250 e. The summed E-state index contributed by atoms with van der Waals surface area (Å²) < 4.78 is 7.13. The third-order valence-electron chi connectivity index (χ3n) is 5.22. The minimum Gasteiger partial charge on any atom is -0.497 e. The summed E-state index contributed by atoms with van der Waals surface area (Å²) in [4.78, 5) is 16.7. The Balaban J connectivity index is 1.70. The molecule has 0 saturated carbocycles. The largest absolute Gasteiger partial charge is 0.497 e. The van der Waals surface area contributed by atoms with E-state index in [0.717, 1.165) is 23.3 Å². The van der Waals surface area contributed by atoms with Crippen LogP contribution in [0.4, 0.5) is 11.9 Å². The number of benzene rings is 2. The standard InChI is InChI=1S/C22H24ClN5O2/c1-13(2)20(29)25-21-26-22-24-18(14-4-8-16(23)9-5-14)12-19(28(22)27-21)15-6-10-17(30-3)11-7-15/h4-11,13,18-19H,12H2,1-3H3,(H2,24,25,26,27,29)/t18-,19+/m1/s1. The minimum absolute atomic E-state index is 0.0275. The van der Waals surface area contributed by atoms with Crippen molar-refractivity contribution in [1.82, 2.24) is 14.8 Å². The second kappa shape index (κ2) is 8.36. The van der Waals surface area contributed by atoms with Crippen molar-refractivity contribution >= 4 is 29.4 Å². The van der Waals surface area contributed by atoms with E-state index >= 15 is 0 Å². The van der Waals surface area contributed by atoms with Gasteiger partial charge in [-0.1, -0.05) is 49.7 Å². The number of carbonyl (C=O) groups is 1. The van der Waals surface area contributed by atoms with Crippen molar-refractivity contribution in [2.24, 2.45) is 5.92 Å². The molecule has 0 unspecified atom stereocenters. The van der Waals surface area contributed by atoms with Crippen molar-refractivity contribution in [3.8, 4) is 5.75 Å². The predicted molar refractivity (Wildman–Crippen MR) is 117 cm³/mol. The molecule has 156 valence electrons. The second-order valence-electron chi connectivity index (χ2n) is 7.62. The van der Waals surface area contributed by atoms with Gasteiger partial charge in [-0.05, 0) is 41.8 Å². The fourth-order valence-corrected chi connectivity index (χ4v) is 3.63. The summed E-state index contributed by atoms with van der Waals surface area (Å²) in [7, 11) is 1.65. The van der Waals surface area contributed by atoms with E-state index in [1.165, 1.54) is 0 Å². The first-order valence-electron chi connectivity index (χ1n) is 9.88. The number of amides is 1. The average molecular weight is 426 g/mol. The Morgan fingerprint density at radius 1 is 1.17 bits per heavy atom. The van der Waals surface area contributed by atoms with Gasteiger partial charge in [-0.2, -0.15) is 4.98 Å². The summed E-state index contributed by atoms with van der Waals surface area (Å²) >= 11 is 6.06. The quantitative estimate of drug-likeness (QED) is 0.620. The first-order chi connectivity index (χ1) is 14.4. The zero-order valence-corrected chi connectivity index (χ0v) is 17.8. The third-order valence-corrected chi connectivity index (χ3v) is 5.47. The summed E-state index contributed by atoms with van der Waals surface area (Å²) in [5, 5.41) is 11.5. The monoisotopic (exact) mass is 425 g/mol. The Labute approximate surface area is 180 Å². The van der Waals surface area contributed by atoms with Crippen molar-refractivity contribution in [1.29, 1.82) is 0 Å². The lowest BCUT2D eigenvalue weighted by Gasteiger charge is -2.31. The lowest BCUT2D eigenvalue weighted by atomic mass is 9.93. The van der Waals surface area contributed by atoms with Gasteiger partial charge in [0.05, 0.1) is 19.2 Å². The molecule has 0 fully saturated rings. The molecule has 4 rings (SSSR count). The van der Waals surface area contributed by atoms with E-state index in [1.54, 1.807) is 7.11 Å². The molecule has 2 aromatic carbocycles. The Bertz CT molecular complexity index is 1030. The molecule has 2 heterocycles. The van der Waals surface area contributed by atoms with Gasteiger partial charge in [0.15, 0.2) is 0 Å². The number of anilines is 2.